The Bertz CT molecular complexity index is 828. The van der Waals surface area contributed by atoms with Gasteiger partial charge in [-0.25, -0.2) is 4.39 Å². The predicted octanol–water partition coefficient (Wildman–Crippen LogP) is -0.911. The quantitative estimate of drug-likeness (QED) is 0.326. The smallest absolute Gasteiger partial charge is 0.550 e. The van der Waals surface area contributed by atoms with Crippen LogP contribution < -0.4 is 44.1 Å². The van der Waals surface area contributed by atoms with Crippen LogP contribution in [-0.2, 0) is 11.2 Å². The van der Waals surface area contributed by atoms with Gasteiger partial charge in [-0.1, -0.05) is 17.7 Å². The van der Waals surface area contributed by atoms with Crippen molar-refractivity contribution in [2.75, 3.05) is 13.2 Å². The van der Waals surface area contributed by atoms with E-state index in [1.165, 1.54) is 12.1 Å². The Balaban J connectivity index is 0.00000480. The molecule has 0 fully saturated rings. The van der Waals surface area contributed by atoms with Gasteiger partial charge in [0.25, 0.3) is 0 Å². The molecule has 6 nitrogen and oxygen atoms in total. The van der Waals surface area contributed by atoms with Crippen molar-refractivity contribution in [2.45, 2.75) is 51.7 Å². The number of rotatable bonds is 12. The number of aryl methyl sites for hydroxylation is 3. The minimum atomic E-state index is -1.37. The van der Waals surface area contributed by atoms with Crippen LogP contribution in [0.5, 0.6) is 11.5 Å². The second kappa shape index (κ2) is 13.7. The summed E-state index contributed by atoms with van der Waals surface area (Å²) in [6.45, 7) is 4.29. The third-order valence-electron chi connectivity index (χ3n) is 4.54. The van der Waals surface area contributed by atoms with Crippen LogP contribution in [0.2, 0.25) is 0 Å². The van der Waals surface area contributed by atoms with Crippen molar-refractivity contribution in [3.63, 3.8) is 0 Å². The molecule has 2 aromatic carbocycles. The summed E-state index contributed by atoms with van der Waals surface area (Å²) in [6, 6.07) is 9.84. The molecule has 0 radical (unpaired) electrons. The van der Waals surface area contributed by atoms with Crippen LogP contribution in [0.4, 0.5) is 4.39 Å². The monoisotopic (exact) mass is 442 g/mol. The number of carbonyl (C=O) groups is 1. The number of aliphatic hydroxyl groups excluding tert-OH is 2. The van der Waals surface area contributed by atoms with E-state index in [-0.39, 0.29) is 48.4 Å². The number of ether oxygens (including phenoxy) is 2. The van der Waals surface area contributed by atoms with Crippen molar-refractivity contribution in [3.05, 3.63) is 58.9 Å². The first-order chi connectivity index (χ1) is 14.2. The van der Waals surface area contributed by atoms with E-state index in [4.69, 9.17) is 9.47 Å². The van der Waals surface area contributed by atoms with Gasteiger partial charge in [0.1, 0.15) is 23.9 Å². The summed E-state index contributed by atoms with van der Waals surface area (Å²) in [5, 5.41) is 30.2. The van der Waals surface area contributed by atoms with Crippen LogP contribution in [0.25, 0.3) is 0 Å². The van der Waals surface area contributed by atoms with Crippen molar-refractivity contribution in [2.24, 2.45) is 0 Å². The zero-order valence-corrected chi connectivity index (χ0v) is 20.3. The third-order valence-corrected chi connectivity index (χ3v) is 4.54. The Morgan fingerprint density at radius 3 is 2.42 bits per heavy atom. The summed E-state index contributed by atoms with van der Waals surface area (Å²) in [5.74, 6) is -0.411. The number of carboxylic acids is 1. The molecule has 0 heterocycles. The average Bonchev–Trinajstić information content (AvgIpc) is 2.65. The Hall–Kier alpha value is -1.64. The molecule has 2 aromatic rings. The van der Waals surface area contributed by atoms with Gasteiger partial charge in [-0.05, 0) is 62.1 Å². The number of carboxylic acid groups (broad SMARTS) is 1. The predicted molar refractivity (Wildman–Crippen MR) is 108 cm³/mol. The number of aliphatic hydroxyl groups is 2. The van der Waals surface area contributed by atoms with E-state index in [0.717, 1.165) is 16.7 Å². The minimum Gasteiger partial charge on any atom is -0.550 e. The molecule has 31 heavy (non-hydrogen) atoms. The van der Waals surface area contributed by atoms with Gasteiger partial charge in [0.05, 0.1) is 18.8 Å². The van der Waals surface area contributed by atoms with E-state index >= 15 is 0 Å². The second-order valence-corrected chi connectivity index (χ2v) is 7.41. The third kappa shape index (κ3) is 10.0. The fourth-order valence-electron chi connectivity index (χ4n) is 3.26. The van der Waals surface area contributed by atoms with Gasteiger partial charge in [-0.15, -0.1) is 0 Å². The summed E-state index contributed by atoms with van der Waals surface area (Å²) in [7, 11) is 0. The first kappa shape index (κ1) is 27.4. The van der Waals surface area contributed by atoms with E-state index < -0.39 is 24.6 Å². The molecule has 0 aliphatic rings. The summed E-state index contributed by atoms with van der Waals surface area (Å²) in [4.78, 5) is 10.5. The summed E-state index contributed by atoms with van der Waals surface area (Å²) >= 11 is 0. The van der Waals surface area contributed by atoms with Crippen LogP contribution in [-0.4, -0.2) is 41.6 Å². The molecule has 0 spiro atoms. The van der Waals surface area contributed by atoms with Gasteiger partial charge in [0.2, 0.25) is 0 Å². The maximum Gasteiger partial charge on any atom is 1.00 e. The van der Waals surface area contributed by atoms with Crippen molar-refractivity contribution in [1.29, 1.82) is 0 Å². The molecule has 0 aliphatic carbocycles. The Morgan fingerprint density at radius 2 is 1.77 bits per heavy atom. The minimum absolute atomic E-state index is 0. The molecule has 0 amide bonds. The van der Waals surface area contributed by atoms with Crippen molar-refractivity contribution < 1.29 is 63.5 Å². The van der Waals surface area contributed by atoms with Gasteiger partial charge >= 0.3 is 29.6 Å². The average molecular weight is 442 g/mol. The van der Waals surface area contributed by atoms with Crippen molar-refractivity contribution >= 4 is 5.97 Å². The van der Waals surface area contributed by atoms with Gasteiger partial charge in [-0.2, -0.15) is 0 Å². The van der Waals surface area contributed by atoms with E-state index in [0.29, 0.717) is 30.9 Å². The molecule has 2 N–H and O–H groups in total. The number of benzene rings is 2. The van der Waals surface area contributed by atoms with Crippen LogP contribution >= 0.6 is 0 Å². The molecule has 0 aliphatic heterocycles. The Labute approximate surface area is 204 Å². The number of carbonyl (C=O) groups excluding carboxylic acids is 1. The molecular weight excluding hydrogens is 414 g/mol. The number of hydrogen-bond acceptors (Lipinski definition) is 6. The molecule has 0 saturated heterocycles. The number of hydrogen-bond donors (Lipinski definition) is 2. The summed E-state index contributed by atoms with van der Waals surface area (Å²) < 4.78 is 24.4. The Morgan fingerprint density at radius 1 is 1.10 bits per heavy atom. The standard InChI is InChI=1S/C23H29FO6.Na/c1-15-10-16(2)23(30-14-20(26)12-19(25)13-22(27)28)17(11-15)4-3-9-29-21-7-5-18(24)6-8-21;/h5-8,10-11,19-20,25-26H,3-4,9,12-14H2,1-2H3,(H,27,28);/q;+1/p-1/t19-,20+;/m1./s1. The first-order valence-corrected chi connectivity index (χ1v) is 9.92. The molecule has 8 heteroatoms. The van der Waals surface area contributed by atoms with E-state index in [1.54, 1.807) is 12.1 Å². The summed E-state index contributed by atoms with van der Waals surface area (Å²) in [5.41, 5.74) is 2.98. The second-order valence-electron chi connectivity index (χ2n) is 7.41. The fraction of sp³-hybridized carbons (Fsp3) is 0.435. The molecule has 0 unspecified atom stereocenters. The normalized spacial score (nSPS) is 12.5. The van der Waals surface area contributed by atoms with Gasteiger partial charge in [0.15, 0.2) is 0 Å². The molecule has 2 atom stereocenters. The van der Waals surface area contributed by atoms with Crippen LogP contribution in [0.3, 0.4) is 0 Å². The molecule has 164 valence electrons. The van der Waals surface area contributed by atoms with Gasteiger partial charge < -0.3 is 29.6 Å². The molecule has 0 bridgehead atoms. The zero-order valence-electron chi connectivity index (χ0n) is 18.3. The fourth-order valence-corrected chi connectivity index (χ4v) is 3.26. The largest absolute Gasteiger partial charge is 1.00 e. The van der Waals surface area contributed by atoms with Gasteiger partial charge in [-0.3, -0.25) is 0 Å². The van der Waals surface area contributed by atoms with Crippen LogP contribution in [0.15, 0.2) is 36.4 Å². The molecular formula is C23H28FNaO6. The zero-order chi connectivity index (χ0) is 22.1. The Kier molecular flexibility index (Phi) is 12.1. The summed E-state index contributed by atoms with van der Waals surface area (Å²) in [6.07, 6.45) is -1.43. The number of halogens is 1. The molecule has 0 saturated carbocycles. The molecule has 0 aromatic heterocycles. The van der Waals surface area contributed by atoms with Crippen LogP contribution in [0.1, 0.15) is 36.0 Å². The van der Waals surface area contributed by atoms with E-state index in [9.17, 15) is 24.5 Å². The maximum absolute atomic E-state index is 12.9. The van der Waals surface area contributed by atoms with Crippen molar-refractivity contribution in [3.8, 4) is 11.5 Å². The SMILES string of the molecule is Cc1cc(C)c(OC[C@@H](O)C[C@@H](O)CC(=O)[O-])c(CCCOc2ccc(F)cc2)c1.[Na+]. The number of aliphatic carboxylic acids is 1. The van der Waals surface area contributed by atoms with Gasteiger partial charge in [0, 0.05) is 18.8 Å². The topological polar surface area (TPSA) is 99.0 Å². The van der Waals surface area contributed by atoms with Crippen molar-refractivity contribution in [1.82, 2.24) is 0 Å². The maximum atomic E-state index is 12.9. The van der Waals surface area contributed by atoms with Crippen LogP contribution in [0, 0.1) is 19.7 Å². The van der Waals surface area contributed by atoms with E-state index in [1.807, 2.05) is 26.0 Å². The van der Waals surface area contributed by atoms with E-state index in [2.05, 4.69) is 0 Å². The molecule has 2 rings (SSSR count). The first-order valence-electron chi connectivity index (χ1n) is 9.92.